The number of imidazole rings is 1. The average Bonchev–Trinajstić information content (AvgIpc) is 2.82. The Morgan fingerprint density at radius 3 is 2.80 bits per heavy atom. The number of H-pyrrole nitrogens is 1. The number of benzene rings is 1. The predicted molar refractivity (Wildman–Crippen MR) is 58.3 cm³/mol. The smallest absolute Gasteiger partial charge is 0.159 e. The lowest BCUT2D eigenvalue weighted by atomic mass is 10.3. The Balaban J connectivity index is 2.19. The summed E-state index contributed by atoms with van der Waals surface area (Å²) in [5.74, 6) is 0.816. The highest BCUT2D eigenvalue weighted by Crippen LogP contribution is 2.17. The van der Waals surface area contributed by atoms with Gasteiger partial charge in [0.25, 0.3) is 0 Å². The van der Waals surface area contributed by atoms with Gasteiger partial charge in [-0.1, -0.05) is 12.1 Å². The minimum Gasteiger partial charge on any atom is -0.337 e. The average molecular weight is 198 g/mol. The van der Waals surface area contributed by atoms with E-state index < -0.39 is 0 Å². The molecule has 4 heteroatoms. The van der Waals surface area contributed by atoms with E-state index in [1.807, 2.05) is 43.6 Å². The maximum Gasteiger partial charge on any atom is 0.159 e. The SMILES string of the molecule is Cn1ccc(-c2nc3ccccc3[nH]2)n1. The van der Waals surface area contributed by atoms with Crippen LogP contribution in [0.3, 0.4) is 0 Å². The van der Waals surface area contributed by atoms with Crippen LogP contribution >= 0.6 is 0 Å². The molecule has 2 aromatic heterocycles. The lowest BCUT2D eigenvalue weighted by molar-refractivity contribution is 0.769. The molecule has 0 saturated heterocycles. The number of nitrogens with one attached hydrogen (secondary N) is 1. The molecule has 0 unspecified atom stereocenters. The van der Waals surface area contributed by atoms with Crippen molar-refractivity contribution in [1.82, 2.24) is 19.7 Å². The predicted octanol–water partition coefficient (Wildman–Crippen LogP) is 1.96. The number of aryl methyl sites for hydroxylation is 1. The van der Waals surface area contributed by atoms with Crippen LogP contribution in [0.4, 0.5) is 0 Å². The van der Waals surface area contributed by atoms with Gasteiger partial charge in [0.2, 0.25) is 0 Å². The molecule has 0 amide bonds. The number of para-hydroxylation sites is 2. The summed E-state index contributed by atoms with van der Waals surface area (Å²) in [4.78, 5) is 7.70. The van der Waals surface area contributed by atoms with Crippen molar-refractivity contribution in [3.8, 4) is 11.5 Å². The first kappa shape index (κ1) is 8.23. The maximum atomic E-state index is 4.46. The quantitative estimate of drug-likeness (QED) is 0.649. The molecule has 0 spiro atoms. The van der Waals surface area contributed by atoms with E-state index in [-0.39, 0.29) is 0 Å². The van der Waals surface area contributed by atoms with Crippen molar-refractivity contribution in [1.29, 1.82) is 0 Å². The summed E-state index contributed by atoms with van der Waals surface area (Å²) >= 11 is 0. The molecule has 4 nitrogen and oxygen atoms in total. The molecule has 0 bridgehead atoms. The van der Waals surface area contributed by atoms with E-state index in [0.717, 1.165) is 22.6 Å². The highest BCUT2D eigenvalue weighted by molar-refractivity contribution is 5.78. The van der Waals surface area contributed by atoms with E-state index in [4.69, 9.17) is 0 Å². The van der Waals surface area contributed by atoms with Gasteiger partial charge in [0.05, 0.1) is 11.0 Å². The number of rotatable bonds is 1. The Bertz CT molecular complexity index is 573. The third-order valence-electron chi connectivity index (χ3n) is 2.35. The Morgan fingerprint density at radius 1 is 1.20 bits per heavy atom. The minimum absolute atomic E-state index is 0.816. The van der Waals surface area contributed by atoms with Gasteiger partial charge in [0.1, 0.15) is 5.69 Å². The number of aromatic nitrogens is 4. The van der Waals surface area contributed by atoms with E-state index in [2.05, 4.69) is 15.1 Å². The highest BCUT2D eigenvalue weighted by Gasteiger charge is 2.06. The monoisotopic (exact) mass is 198 g/mol. The summed E-state index contributed by atoms with van der Waals surface area (Å²) in [5, 5.41) is 4.30. The third kappa shape index (κ3) is 1.30. The van der Waals surface area contributed by atoms with Crippen molar-refractivity contribution in [3.05, 3.63) is 36.5 Å². The fraction of sp³-hybridized carbons (Fsp3) is 0.0909. The molecule has 0 aliphatic rings. The molecule has 0 radical (unpaired) electrons. The Morgan fingerprint density at radius 2 is 2.07 bits per heavy atom. The second kappa shape index (κ2) is 2.95. The van der Waals surface area contributed by atoms with Crippen molar-refractivity contribution >= 4 is 11.0 Å². The van der Waals surface area contributed by atoms with Crippen LogP contribution in [0.1, 0.15) is 0 Å². The van der Waals surface area contributed by atoms with Gasteiger partial charge in [-0.25, -0.2) is 4.98 Å². The zero-order chi connectivity index (χ0) is 10.3. The molecule has 0 atom stereocenters. The van der Waals surface area contributed by atoms with E-state index in [0.29, 0.717) is 0 Å². The van der Waals surface area contributed by atoms with Crippen LogP contribution in [0.25, 0.3) is 22.6 Å². The first-order valence-corrected chi connectivity index (χ1v) is 4.78. The lowest BCUT2D eigenvalue weighted by Crippen LogP contribution is -1.88. The van der Waals surface area contributed by atoms with Crippen molar-refractivity contribution < 1.29 is 0 Å². The molecule has 15 heavy (non-hydrogen) atoms. The summed E-state index contributed by atoms with van der Waals surface area (Å²) in [5.41, 5.74) is 2.88. The zero-order valence-corrected chi connectivity index (χ0v) is 8.31. The van der Waals surface area contributed by atoms with Crippen molar-refractivity contribution in [2.24, 2.45) is 7.05 Å². The van der Waals surface area contributed by atoms with Crippen LogP contribution in [-0.4, -0.2) is 19.7 Å². The summed E-state index contributed by atoms with van der Waals surface area (Å²) in [6, 6.07) is 9.90. The van der Waals surface area contributed by atoms with Crippen LogP contribution in [-0.2, 0) is 7.05 Å². The van der Waals surface area contributed by atoms with Crippen molar-refractivity contribution in [2.45, 2.75) is 0 Å². The fourth-order valence-electron chi connectivity index (χ4n) is 1.62. The summed E-state index contributed by atoms with van der Waals surface area (Å²) in [6.07, 6.45) is 1.91. The topological polar surface area (TPSA) is 46.5 Å². The number of hydrogen-bond donors (Lipinski definition) is 1. The van der Waals surface area contributed by atoms with E-state index in [1.165, 1.54) is 0 Å². The largest absolute Gasteiger partial charge is 0.337 e. The molecule has 0 fully saturated rings. The van der Waals surface area contributed by atoms with Gasteiger partial charge in [-0.3, -0.25) is 4.68 Å². The van der Waals surface area contributed by atoms with Crippen molar-refractivity contribution in [3.63, 3.8) is 0 Å². The van der Waals surface area contributed by atoms with Gasteiger partial charge in [-0.2, -0.15) is 5.10 Å². The lowest BCUT2D eigenvalue weighted by Gasteiger charge is -1.87. The highest BCUT2D eigenvalue weighted by atomic mass is 15.3. The van der Waals surface area contributed by atoms with E-state index in [9.17, 15) is 0 Å². The summed E-state index contributed by atoms with van der Waals surface area (Å²) in [7, 11) is 1.89. The van der Waals surface area contributed by atoms with Gasteiger partial charge in [0, 0.05) is 13.2 Å². The maximum absolute atomic E-state index is 4.46. The third-order valence-corrected chi connectivity index (χ3v) is 2.35. The van der Waals surface area contributed by atoms with Crippen LogP contribution in [0.15, 0.2) is 36.5 Å². The normalized spacial score (nSPS) is 11.0. The van der Waals surface area contributed by atoms with Crippen LogP contribution in [0, 0.1) is 0 Å². The second-order valence-electron chi connectivity index (χ2n) is 3.48. The van der Waals surface area contributed by atoms with Crippen LogP contribution in [0.5, 0.6) is 0 Å². The first-order chi connectivity index (χ1) is 7.33. The number of hydrogen-bond acceptors (Lipinski definition) is 2. The number of nitrogens with zero attached hydrogens (tertiary/aromatic N) is 3. The molecule has 2 heterocycles. The Kier molecular flexibility index (Phi) is 1.62. The van der Waals surface area contributed by atoms with Crippen molar-refractivity contribution in [2.75, 3.05) is 0 Å². The minimum atomic E-state index is 0.816. The zero-order valence-electron chi connectivity index (χ0n) is 8.31. The second-order valence-corrected chi connectivity index (χ2v) is 3.48. The molecule has 0 aliphatic carbocycles. The van der Waals surface area contributed by atoms with E-state index in [1.54, 1.807) is 4.68 Å². The molecule has 1 N–H and O–H groups in total. The molecule has 3 rings (SSSR count). The van der Waals surface area contributed by atoms with Gasteiger partial charge in [0.15, 0.2) is 5.82 Å². The standard InChI is InChI=1S/C11H10N4/c1-15-7-6-10(14-15)11-12-8-4-2-3-5-9(8)13-11/h2-7H,1H3,(H,12,13). The molecule has 74 valence electrons. The molecule has 0 aliphatic heterocycles. The molecule has 1 aromatic carbocycles. The van der Waals surface area contributed by atoms with Crippen LogP contribution < -0.4 is 0 Å². The number of aromatic amines is 1. The Hall–Kier alpha value is -2.10. The molecule has 0 saturated carbocycles. The van der Waals surface area contributed by atoms with Gasteiger partial charge in [-0.15, -0.1) is 0 Å². The molecule has 3 aromatic rings. The molecular weight excluding hydrogens is 188 g/mol. The Labute approximate surface area is 86.6 Å². The first-order valence-electron chi connectivity index (χ1n) is 4.78. The summed E-state index contributed by atoms with van der Waals surface area (Å²) < 4.78 is 1.77. The van der Waals surface area contributed by atoms with Gasteiger partial charge in [-0.05, 0) is 18.2 Å². The van der Waals surface area contributed by atoms with Gasteiger partial charge >= 0.3 is 0 Å². The van der Waals surface area contributed by atoms with Crippen LogP contribution in [0.2, 0.25) is 0 Å². The molecular formula is C11H10N4. The number of fused-ring (bicyclic) bond motifs is 1. The van der Waals surface area contributed by atoms with E-state index >= 15 is 0 Å². The van der Waals surface area contributed by atoms with Gasteiger partial charge < -0.3 is 4.98 Å². The fourth-order valence-corrected chi connectivity index (χ4v) is 1.62. The summed E-state index contributed by atoms with van der Waals surface area (Å²) in [6.45, 7) is 0.